The number of nitrogens with zero attached hydrogens (tertiary/aromatic N) is 2. The molecule has 1 aromatic heterocycles. The van der Waals surface area contributed by atoms with Crippen molar-refractivity contribution >= 4 is 11.8 Å². The molecule has 6 nitrogen and oxygen atoms in total. The fourth-order valence-corrected chi connectivity index (χ4v) is 1.14. The molecule has 0 saturated carbocycles. The van der Waals surface area contributed by atoms with Gasteiger partial charge in [-0.15, -0.1) is 0 Å². The third-order valence-electron chi connectivity index (χ3n) is 1.92. The van der Waals surface area contributed by atoms with Crippen LogP contribution in [0.1, 0.15) is 28.0 Å². The Bertz CT molecular complexity index is 462. The Morgan fingerprint density at radius 3 is 2.56 bits per heavy atom. The summed E-state index contributed by atoms with van der Waals surface area (Å²) >= 11 is 0. The van der Waals surface area contributed by atoms with Crippen LogP contribution in [0.5, 0.6) is 0 Å². The predicted octanol–water partition coefficient (Wildman–Crippen LogP) is 1.93. The van der Waals surface area contributed by atoms with Crippen LogP contribution in [-0.4, -0.2) is 21.0 Å². The molecule has 0 radical (unpaired) electrons. The first kappa shape index (κ1) is 12.0. The second-order valence-electron chi connectivity index (χ2n) is 2.90. The number of carboxylic acids is 1. The molecule has 0 aromatic carbocycles. The number of rotatable bonds is 3. The van der Waals surface area contributed by atoms with Crippen molar-refractivity contribution in [3.8, 4) is 0 Å². The molecule has 0 atom stereocenters. The molecule has 0 aliphatic carbocycles. The van der Waals surface area contributed by atoms with Gasteiger partial charge in [0.15, 0.2) is 0 Å². The van der Waals surface area contributed by atoms with Gasteiger partial charge in [-0.3, -0.25) is 0 Å². The van der Waals surface area contributed by atoms with E-state index in [1.807, 2.05) is 0 Å². The number of halogens is 2. The Morgan fingerprint density at radius 1 is 1.62 bits per heavy atom. The SMILES string of the molecule is Cc1c(C(=O)O)cc([N+](=O)[O-])nc1C(F)F. The van der Waals surface area contributed by atoms with Crippen molar-refractivity contribution in [2.24, 2.45) is 0 Å². The van der Waals surface area contributed by atoms with Gasteiger partial charge in [0, 0.05) is 5.56 Å². The highest BCUT2D eigenvalue weighted by molar-refractivity contribution is 5.90. The second kappa shape index (κ2) is 4.17. The molecule has 0 unspecified atom stereocenters. The molecule has 1 rings (SSSR count). The summed E-state index contributed by atoms with van der Waals surface area (Å²) in [7, 11) is 0. The Labute approximate surface area is 87.7 Å². The summed E-state index contributed by atoms with van der Waals surface area (Å²) in [5.74, 6) is -2.41. The van der Waals surface area contributed by atoms with Crippen molar-refractivity contribution < 1.29 is 23.6 Å². The number of aromatic nitrogens is 1. The smallest absolute Gasteiger partial charge is 0.364 e. The van der Waals surface area contributed by atoms with E-state index in [1.54, 1.807) is 0 Å². The third kappa shape index (κ3) is 2.10. The number of carbonyl (C=O) groups is 1. The summed E-state index contributed by atoms with van der Waals surface area (Å²) in [6.45, 7) is 1.13. The number of hydrogen-bond acceptors (Lipinski definition) is 4. The summed E-state index contributed by atoms with van der Waals surface area (Å²) in [6, 6.07) is 0.656. The third-order valence-corrected chi connectivity index (χ3v) is 1.92. The van der Waals surface area contributed by atoms with E-state index in [9.17, 15) is 23.7 Å². The second-order valence-corrected chi connectivity index (χ2v) is 2.90. The summed E-state index contributed by atoms with van der Waals surface area (Å²) < 4.78 is 24.9. The predicted molar refractivity (Wildman–Crippen MR) is 47.5 cm³/mol. The van der Waals surface area contributed by atoms with E-state index in [0.29, 0.717) is 6.07 Å². The first-order chi connectivity index (χ1) is 7.34. The number of aromatic carboxylic acids is 1. The van der Waals surface area contributed by atoms with Crippen LogP contribution < -0.4 is 0 Å². The van der Waals surface area contributed by atoms with Crippen molar-refractivity contribution in [3.63, 3.8) is 0 Å². The van der Waals surface area contributed by atoms with Gasteiger partial charge in [0.2, 0.25) is 5.69 Å². The van der Waals surface area contributed by atoms with E-state index in [2.05, 4.69) is 4.98 Å². The Hall–Kier alpha value is -2.12. The average Bonchev–Trinajstić information content (AvgIpc) is 2.16. The van der Waals surface area contributed by atoms with Gasteiger partial charge in [-0.1, -0.05) is 0 Å². The molecule has 0 fully saturated rings. The summed E-state index contributed by atoms with van der Waals surface area (Å²) in [5, 5.41) is 19.0. The van der Waals surface area contributed by atoms with Crippen molar-refractivity contribution in [2.45, 2.75) is 13.3 Å². The maximum absolute atomic E-state index is 12.4. The maximum atomic E-state index is 12.4. The Morgan fingerprint density at radius 2 is 2.19 bits per heavy atom. The molecule has 1 heterocycles. The van der Waals surface area contributed by atoms with Crippen LogP contribution in [0.2, 0.25) is 0 Å². The van der Waals surface area contributed by atoms with Crippen LogP contribution in [0.3, 0.4) is 0 Å². The van der Waals surface area contributed by atoms with Gasteiger partial charge in [0.1, 0.15) is 0 Å². The van der Waals surface area contributed by atoms with Crippen molar-refractivity contribution in [1.29, 1.82) is 0 Å². The molecule has 0 bridgehead atoms. The minimum Gasteiger partial charge on any atom is -0.478 e. The van der Waals surface area contributed by atoms with Crippen LogP contribution in [0.4, 0.5) is 14.6 Å². The number of carboxylic acid groups (broad SMARTS) is 1. The lowest BCUT2D eigenvalue weighted by Crippen LogP contribution is -2.08. The molecule has 0 aliphatic heterocycles. The first-order valence-electron chi connectivity index (χ1n) is 4.02. The Kier molecular flexibility index (Phi) is 3.11. The normalized spacial score (nSPS) is 10.5. The van der Waals surface area contributed by atoms with Gasteiger partial charge in [0.25, 0.3) is 0 Å². The van der Waals surface area contributed by atoms with E-state index in [0.717, 1.165) is 6.92 Å². The molecule has 1 aromatic rings. The molecule has 8 heteroatoms. The largest absolute Gasteiger partial charge is 0.478 e. The van der Waals surface area contributed by atoms with Gasteiger partial charge >= 0.3 is 18.2 Å². The molecular weight excluding hydrogens is 226 g/mol. The number of alkyl halides is 2. The van der Waals surface area contributed by atoms with Gasteiger partial charge in [0.05, 0.1) is 11.6 Å². The molecule has 0 saturated heterocycles. The van der Waals surface area contributed by atoms with E-state index in [4.69, 9.17) is 5.11 Å². The summed E-state index contributed by atoms with van der Waals surface area (Å²) in [5.41, 5.74) is -1.70. The van der Waals surface area contributed by atoms with Crippen LogP contribution in [0, 0.1) is 17.0 Å². The maximum Gasteiger partial charge on any atom is 0.364 e. The number of pyridine rings is 1. The highest BCUT2D eigenvalue weighted by Crippen LogP contribution is 2.26. The van der Waals surface area contributed by atoms with Crippen LogP contribution >= 0.6 is 0 Å². The molecule has 0 spiro atoms. The van der Waals surface area contributed by atoms with Crippen LogP contribution in [0.15, 0.2) is 6.07 Å². The zero-order chi connectivity index (χ0) is 12.5. The van der Waals surface area contributed by atoms with Crippen LogP contribution in [-0.2, 0) is 0 Å². The van der Waals surface area contributed by atoms with Crippen molar-refractivity contribution in [1.82, 2.24) is 4.98 Å². The van der Waals surface area contributed by atoms with E-state index < -0.39 is 34.4 Å². The van der Waals surface area contributed by atoms with E-state index >= 15 is 0 Å². The molecule has 16 heavy (non-hydrogen) atoms. The number of hydrogen-bond donors (Lipinski definition) is 1. The molecular formula is C8H6F2N2O4. The quantitative estimate of drug-likeness (QED) is 0.634. The molecule has 1 N–H and O–H groups in total. The molecule has 0 amide bonds. The molecule has 86 valence electrons. The molecule has 0 aliphatic rings. The average molecular weight is 232 g/mol. The van der Waals surface area contributed by atoms with Gasteiger partial charge < -0.3 is 15.2 Å². The van der Waals surface area contributed by atoms with Crippen LogP contribution in [0.25, 0.3) is 0 Å². The van der Waals surface area contributed by atoms with E-state index in [-0.39, 0.29) is 5.56 Å². The lowest BCUT2D eigenvalue weighted by molar-refractivity contribution is -0.389. The highest BCUT2D eigenvalue weighted by Gasteiger charge is 2.27. The standard InChI is InChI=1S/C8H6F2N2O4/c1-3-4(8(13)14)2-5(12(15)16)11-6(3)7(9)10/h2,7H,1H3,(H,13,14). The zero-order valence-electron chi connectivity index (χ0n) is 7.98. The van der Waals surface area contributed by atoms with Gasteiger partial charge in [-0.2, -0.15) is 0 Å². The zero-order valence-corrected chi connectivity index (χ0v) is 7.98. The fourth-order valence-electron chi connectivity index (χ4n) is 1.14. The lowest BCUT2D eigenvalue weighted by atomic mass is 10.1. The minimum atomic E-state index is -3.06. The summed E-state index contributed by atoms with van der Waals surface area (Å²) in [4.78, 5) is 23.1. The highest BCUT2D eigenvalue weighted by atomic mass is 19.3. The first-order valence-corrected chi connectivity index (χ1v) is 4.02. The monoisotopic (exact) mass is 232 g/mol. The van der Waals surface area contributed by atoms with Crippen molar-refractivity contribution in [2.75, 3.05) is 0 Å². The Balaban J connectivity index is 3.51. The van der Waals surface area contributed by atoms with Gasteiger partial charge in [-0.25, -0.2) is 13.6 Å². The number of nitro groups is 1. The van der Waals surface area contributed by atoms with Crippen molar-refractivity contribution in [3.05, 3.63) is 33.0 Å². The van der Waals surface area contributed by atoms with E-state index in [1.165, 1.54) is 0 Å². The van der Waals surface area contributed by atoms with Gasteiger partial charge in [-0.05, 0) is 16.8 Å². The topological polar surface area (TPSA) is 93.3 Å². The fraction of sp³-hybridized carbons (Fsp3) is 0.250. The minimum absolute atomic E-state index is 0.270. The lowest BCUT2D eigenvalue weighted by Gasteiger charge is -2.03. The summed E-state index contributed by atoms with van der Waals surface area (Å²) in [6.07, 6.45) is -3.06.